The van der Waals surface area contributed by atoms with E-state index >= 15 is 0 Å². The van der Waals surface area contributed by atoms with Crippen molar-refractivity contribution in [1.82, 2.24) is 25.1 Å². The molecule has 2 aromatic heterocycles. The van der Waals surface area contributed by atoms with Gasteiger partial charge in [-0.05, 0) is 88.7 Å². The first-order valence-electron chi connectivity index (χ1n) is 17.5. The van der Waals surface area contributed by atoms with Gasteiger partial charge >= 0.3 is 6.03 Å². The normalized spacial score (nSPS) is 22.7. The van der Waals surface area contributed by atoms with Gasteiger partial charge in [-0.25, -0.2) is 23.5 Å². The zero-order valence-electron chi connectivity index (χ0n) is 28.5. The molecule has 4 atom stereocenters. The number of carbonyl (C=O) groups excluding carboxylic acids is 2. The molecule has 276 valence electrons. The van der Waals surface area contributed by atoms with Gasteiger partial charge < -0.3 is 26.2 Å². The maximum Gasteiger partial charge on any atom is 0.317 e. The van der Waals surface area contributed by atoms with Crippen LogP contribution in [0, 0.1) is 40.2 Å². The number of urea groups is 1. The second-order valence-electron chi connectivity index (χ2n) is 13.4. The smallest absolute Gasteiger partial charge is 0.317 e. The molecule has 16 heteroatoms. The lowest BCUT2D eigenvalue weighted by atomic mass is 9.84. The minimum atomic E-state index is -0.743. The predicted molar refractivity (Wildman–Crippen MR) is 192 cm³/mol. The van der Waals surface area contributed by atoms with Gasteiger partial charge in [-0.3, -0.25) is 4.79 Å². The van der Waals surface area contributed by atoms with Gasteiger partial charge in [-0.15, -0.1) is 0 Å². The van der Waals surface area contributed by atoms with Crippen molar-refractivity contribution >= 4 is 52.6 Å². The number of halogens is 5. The third kappa shape index (κ3) is 12.3. The van der Waals surface area contributed by atoms with Crippen LogP contribution in [0.15, 0.2) is 12.1 Å². The fraction of sp³-hybridized carbons (Fsp3) is 0.600. The molecule has 2 saturated heterocycles. The lowest BCUT2D eigenvalue weighted by Crippen LogP contribution is -2.47. The average molecular weight is 767 g/mol. The second-order valence-corrected chi connectivity index (χ2v) is 14.5. The van der Waals surface area contributed by atoms with E-state index in [0.717, 1.165) is 89.7 Å². The van der Waals surface area contributed by atoms with Crippen LogP contribution in [0.1, 0.15) is 94.6 Å². The van der Waals surface area contributed by atoms with Crippen LogP contribution in [-0.4, -0.2) is 76.0 Å². The number of amides is 3. The van der Waals surface area contributed by atoms with Crippen molar-refractivity contribution in [3.05, 3.63) is 50.4 Å². The molecule has 2 aromatic rings. The first-order valence-corrected chi connectivity index (χ1v) is 18.6. The summed E-state index contributed by atoms with van der Waals surface area (Å²) >= 11 is 16.6. The maximum atomic E-state index is 14.1. The molecule has 0 radical (unpaired) electrons. The molecule has 4 aliphatic rings. The quantitative estimate of drug-likeness (QED) is 0.269. The predicted octanol–water partition coefficient (Wildman–Crippen LogP) is 7.19. The van der Waals surface area contributed by atoms with E-state index in [0.29, 0.717) is 24.3 Å². The van der Waals surface area contributed by atoms with Crippen LogP contribution >= 0.6 is 34.8 Å². The Bertz CT molecular complexity index is 1590. The number of nitrogens with one attached hydrogen (secondary N) is 2. The highest BCUT2D eigenvalue weighted by Crippen LogP contribution is 2.28. The molecule has 4 fully saturated rings. The number of hydrogen-bond acceptors (Lipinski definition) is 8. The van der Waals surface area contributed by atoms with E-state index in [2.05, 4.69) is 20.6 Å². The number of pyridine rings is 2. The van der Waals surface area contributed by atoms with Crippen molar-refractivity contribution in [3.63, 3.8) is 0 Å². The van der Waals surface area contributed by atoms with Gasteiger partial charge in [-0.1, -0.05) is 41.2 Å². The summed E-state index contributed by atoms with van der Waals surface area (Å²) in [5.74, 6) is -0.356. The number of nitrogens with zero attached hydrogens (tertiary/aromatic N) is 6. The largest absolute Gasteiger partial charge is 0.365 e. The maximum absolute atomic E-state index is 14.1. The molecule has 0 aromatic carbocycles. The van der Waals surface area contributed by atoms with Crippen LogP contribution in [0.4, 0.5) is 19.4 Å². The van der Waals surface area contributed by atoms with E-state index in [1.807, 2.05) is 15.9 Å². The Balaban J connectivity index is 0.000000190. The molecule has 2 aliphatic heterocycles. The van der Waals surface area contributed by atoms with Crippen molar-refractivity contribution in [3.8, 4) is 12.1 Å². The number of rotatable bonds is 5. The zero-order valence-corrected chi connectivity index (χ0v) is 30.7. The van der Waals surface area contributed by atoms with Gasteiger partial charge in [0.2, 0.25) is 5.91 Å². The van der Waals surface area contributed by atoms with E-state index in [4.69, 9.17) is 51.1 Å². The van der Waals surface area contributed by atoms with Crippen LogP contribution in [0.25, 0.3) is 0 Å². The number of nitrogens with two attached hydrogens (primary N) is 1. The Morgan fingerprint density at radius 3 is 1.98 bits per heavy atom. The van der Waals surface area contributed by atoms with Crippen molar-refractivity contribution < 1.29 is 18.4 Å². The summed E-state index contributed by atoms with van der Waals surface area (Å²) in [7, 11) is 0. The summed E-state index contributed by atoms with van der Waals surface area (Å²) in [5, 5.41) is 22.9. The number of nitriles is 2. The molecule has 0 unspecified atom stereocenters. The van der Waals surface area contributed by atoms with E-state index in [1.54, 1.807) is 6.07 Å². The Kier molecular flexibility index (Phi) is 15.7. The summed E-state index contributed by atoms with van der Waals surface area (Å²) in [4.78, 5) is 35.3. The third-order valence-electron chi connectivity index (χ3n) is 9.54. The van der Waals surface area contributed by atoms with Gasteiger partial charge in [0, 0.05) is 50.7 Å². The molecule has 6 rings (SSSR count). The van der Waals surface area contributed by atoms with Gasteiger partial charge in [0.15, 0.2) is 22.6 Å². The number of hydrogen-bond donors (Lipinski definition) is 3. The Morgan fingerprint density at radius 2 is 1.35 bits per heavy atom. The first-order chi connectivity index (χ1) is 24.5. The monoisotopic (exact) mass is 765 g/mol. The minimum Gasteiger partial charge on any atom is -0.365 e. The molecular formula is C35H44Cl3F2N9O2. The van der Waals surface area contributed by atoms with Gasteiger partial charge in [-0.2, -0.15) is 10.5 Å². The van der Waals surface area contributed by atoms with Crippen molar-refractivity contribution in [2.45, 2.75) is 102 Å². The minimum absolute atomic E-state index is 0.00336. The molecule has 4 heterocycles. The highest BCUT2D eigenvalue weighted by molar-refractivity contribution is 6.33. The van der Waals surface area contributed by atoms with Gasteiger partial charge in [0.25, 0.3) is 0 Å². The van der Waals surface area contributed by atoms with Crippen molar-refractivity contribution in [2.75, 3.05) is 31.5 Å². The molecule has 4 N–H and O–H groups in total. The topological polar surface area (TPSA) is 164 Å². The highest BCUT2D eigenvalue weighted by Gasteiger charge is 2.28. The Morgan fingerprint density at radius 1 is 0.784 bits per heavy atom. The van der Waals surface area contributed by atoms with E-state index < -0.39 is 11.6 Å². The summed E-state index contributed by atoms with van der Waals surface area (Å²) < 4.78 is 26.6. The third-order valence-corrected chi connectivity index (χ3v) is 10.4. The molecule has 3 amide bonds. The molecule has 2 aliphatic carbocycles. The standard InChI is InChI=1S/C17H21ClFN5O.C12H22N2O.C6HCl2FN2/c18-15-11(10-20)8-14(19)16(23-15)21-12-4-3-5-13(9-12)22-17(25)24-6-1-2-7-24;13-11-5-3-4-10(8-11)9-12(15)14-6-1-2-7-14;7-5-3(2-10)1-4(9)6(8)11-5/h8,12-13H,1-7,9H2,(H,21,23)(H,22,25);10-11H,1-9,13H2;1H/t12-,13+;10-,11+;/m01./s1. The first kappa shape index (κ1) is 40.3. The number of likely N-dealkylation sites (tertiary alicyclic amines) is 2. The van der Waals surface area contributed by atoms with Gasteiger partial charge in [0.05, 0.1) is 11.1 Å². The average Bonchev–Trinajstić information content (AvgIpc) is 3.85. The van der Waals surface area contributed by atoms with E-state index in [1.165, 1.54) is 25.7 Å². The molecule has 2 saturated carbocycles. The second kappa shape index (κ2) is 19.9. The van der Waals surface area contributed by atoms with Gasteiger partial charge in [0.1, 0.15) is 22.4 Å². The number of carbonyl (C=O) groups is 2. The fourth-order valence-electron chi connectivity index (χ4n) is 6.86. The SMILES string of the molecule is N#Cc1cc(F)c(Cl)nc1Cl.N#Cc1cc(F)c(N[C@H]2CCC[C@@H](NC(=O)N3CCCC3)C2)nc1Cl.N[C@H]1CCC[C@@H](CC(=O)N2CCCC2)C1. The summed E-state index contributed by atoms with van der Waals surface area (Å²) in [6, 6.07) is 5.92. The van der Waals surface area contributed by atoms with Crippen LogP contribution < -0.4 is 16.4 Å². The van der Waals surface area contributed by atoms with Crippen LogP contribution in [0.2, 0.25) is 15.5 Å². The lowest BCUT2D eigenvalue weighted by molar-refractivity contribution is -0.131. The summed E-state index contributed by atoms with van der Waals surface area (Å²) in [6.45, 7) is 3.60. The molecule has 11 nitrogen and oxygen atoms in total. The lowest BCUT2D eigenvalue weighted by Gasteiger charge is -2.32. The molecule has 0 spiro atoms. The molecule has 51 heavy (non-hydrogen) atoms. The summed E-state index contributed by atoms with van der Waals surface area (Å²) in [5.41, 5.74) is 5.93. The molecule has 0 bridgehead atoms. The molecular weight excluding hydrogens is 723 g/mol. The van der Waals surface area contributed by atoms with E-state index in [-0.39, 0.29) is 50.5 Å². The zero-order chi connectivity index (χ0) is 36.9. The Hall–Kier alpha value is -3.49. The summed E-state index contributed by atoms with van der Waals surface area (Å²) in [6.07, 6.45) is 13.3. The van der Waals surface area contributed by atoms with E-state index in [9.17, 15) is 18.4 Å². The van der Waals surface area contributed by atoms with Crippen LogP contribution in [0.5, 0.6) is 0 Å². The van der Waals surface area contributed by atoms with Crippen molar-refractivity contribution in [2.24, 2.45) is 11.7 Å². The highest BCUT2D eigenvalue weighted by atomic mass is 35.5. The Labute approximate surface area is 312 Å². The number of anilines is 1. The van der Waals surface area contributed by atoms with Crippen molar-refractivity contribution in [1.29, 1.82) is 10.5 Å². The van der Waals surface area contributed by atoms with Crippen LogP contribution in [0.3, 0.4) is 0 Å². The number of aromatic nitrogens is 2. The van der Waals surface area contributed by atoms with Crippen LogP contribution in [-0.2, 0) is 4.79 Å². The fourth-order valence-corrected chi connectivity index (χ4v) is 7.41.